The molecular weight excluding hydrogens is 336 g/mol. The van der Waals surface area contributed by atoms with E-state index in [1.54, 1.807) is 6.92 Å². The lowest BCUT2D eigenvalue weighted by atomic mass is 10.1. The minimum atomic E-state index is -0.711. The van der Waals surface area contributed by atoms with Crippen LogP contribution < -0.4 is 15.4 Å². The molecule has 0 aliphatic rings. The number of benzene rings is 2. The lowest BCUT2D eigenvalue weighted by Crippen LogP contribution is -2.36. The van der Waals surface area contributed by atoms with Gasteiger partial charge in [0.15, 0.2) is 6.10 Å². The Morgan fingerprint density at radius 3 is 2.73 bits per heavy atom. The minimum Gasteiger partial charge on any atom is -0.481 e. The highest BCUT2D eigenvalue weighted by atomic mass is 16.5. The Balaban J connectivity index is 1.57. The van der Waals surface area contributed by atoms with Crippen molar-refractivity contribution in [2.24, 2.45) is 0 Å². The summed E-state index contributed by atoms with van der Waals surface area (Å²) in [5.74, 6) is -0.143. The van der Waals surface area contributed by atoms with Crippen LogP contribution in [0.1, 0.15) is 23.4 Å². The molecule has 0 spiro atoms. The Hall–Kier alpha value is -3.42. The van der Waals surface area contributed by atoms with Gasteiger partial charge in [-0.05, 0) is 29.8 Å². The highest BCUT2D eigenvalue weighted by Gasteiger charge is 2.17. The van der Waals surface area contributed by atoms with Gasteiger partial charge < -0.3 is 19.9 Å². The van der Waals surface area contributed by atoms with E-state index in [-0.39, 0.29) is 24.2 Å². The van der Waals surface area contributed by atoms with Crippen LogP contribution in [-0.2, 0) is 11.3 Å². The maximum absolute atomic E-state index is 12.2. The van der Waals surface area contributed by atoms with Gasteiger partial charge in [-0.3, -0.25) is 9.59 Å². The van der Waals surface area contributed by atoms with E-state index in [1.807, 2.05) is 42.5 Å². The van der Waals surface area contributed by atoms with Crippen molar-refractivity contribution in [2.45, 2.75) is 19.6 Å². The quantitative estimate of drug-likeness (QED) is 0.697. The third-order valence-corrected chi connectivity index (χ3v) is 3.72. The minimum absolute atomic E-state index is 0.00818. The number of ether oxygens (including phenoxy) is 1. The second kappa shape index (κ2) is 7.64. The van der Waals surface area contributed by atoms with Crippen LogP contribution in [0.4, 0.5) is 0 Å². The highest BCUT2D eigenvalue weighted by Crippen LogP contribution is 2.21. The first kappa shape index (κ1) is 17.4. The van der Waals surface area contributed by atoms with Crippen LogP contribution in [0, 0.1) is 0 Å². The Labute approximate surface area is 149 Å². The number of carbonyl (C=O) groups is 2. The van der Waals surface area contributed by atoms with Gasteiger partial charge in [-0.1, -0.05) is 35.5 Å². The van der Waals surface area contributed by atoms with Gasteiger partial charge in [0, 0.05) is 7.05 Å². The van der Waals surface area contributed by atoms with Crippen molar-refractivity contribution >= 4 is 22.6 Å². The Morgan fingerprint density at radius 1 is 1.19 bits per heavy atom. The predicted molar refractivity (Wildman–Crippen MR) is 93.6 cm³/mol. The van der Waals surface area contributed by atoms with Crippen LogP contribution in [0.3, 0.4) is 0 Å². The fourth-order valence-electron chi connectivity index (χ4n) is 2.34. The molecule has 1 heterocycles. The monoisotopic (exact) mass is 354 g/mol. The molecule has 8 heteroatoms. The molecule has 2 amide bonds. The molecule has 2 N–H and O–H groups in total. The normalized spacial score (nSPS) is 11.8. The molecular formula is C18H18N4O4. The summed E-state index contributed by atoms with van der Waals surface area (Å²) in [6.07, 6.45) is -0.711. The molecule has 2 aromatic carbocycles. The third-order valence-electron chi connectivity index (χ3n) is 3.72. The molecule has 8 nitrogen and oxygen atoms in total. The van der Waals surface area contributed by atoms with E-state index in [0.717, 1.165) is 10.8 Å². The molecule has 0 saturated heterocycles. The zero-order valence-corrected chi connectivity index (χ0v) is 14.4. The molecule has 0 aliphatic heterocycles. The summed E-state index contributed by atoms with van der Waals surface area (Å²) in [6, 6.07) is 13.5. The number of nitrogens with zero attached hydrogens (tertiary/aromatic N) is 2. The fourth-order valence-corrected chi connectivity index (χ4v) is 2.34. The zero-order chi connectivity index (χ0) is 18.5. The van der Waals surface area contributed by atoms with E-state index >= 15 is 0 Å². The molecule has 1 aromatic heterocycles. The SMILES string of the molecule is CNC(=O)c1noc(CNC(=O)C(C)Oc2ccc3ccccc3c2)n1. The van der Waals surface area contributed by atoms with Crippen LogP contribution in [0.2, 0.25) is 0 Å². The average molecular weight is 354 g/mol. The number of fused-ring (bicyclic) bond motifs is 1. The van der Waals surface area contributed by atoms with Crippen molar-refractivity contribution in [3.63, 3.8) is 0 Å². The number of amides is 2. The van der Waals surface area contributed by atoms with Crippen LogP contribution in [-0.4, -0.2) is 35.1 Å². The second-order valence-electron chi connectivity index (χ2n) is 5.58. The van der Waals surface area contributed by atoms with Gasteiger partial charge >= 0.3 is 0 Å². The summed E-state index contributed by atoms with van der Waals surface area (Å²) in [6.45, 7) is 1.66. The van der Waals surface area contributed by atoms with E-state index in [2.05, 4.69) is 20.8 Å². The van der Waals surface area contributed by atoms with Crippen molar-refractivity contribution in [1.82, 2.24) is 20.8 Å². The van der Waals surface area contributed by atoms with Crippen molar-refractivity contribution in [3.8, 4) is 5.75 Å². The number of hydrogen-bond acceptors (Lipinski definition) is 6. The Bertz CT molecular complexity index is 938. The molecule has 0 saturated carbocycles. The molecule has 0 aliphatic carbocycles. The Kier molecular flexibility index (Phi) is 5.12. The first-order valence-electron chi connectivity index (χ1n) is 8.04. The summed E-state index contributed by atoms with van der Waals surface area (Å²) in [5, 5.41) is 10.7. The van der Waals surface area contributed by atoms with Gasteiger partial charge in [0.25, 0.3) is 17.6 Å². The molecule has 3 aromatic rings. The predicted octanol–water partition coefficient (Wildman–Crippen LogP) is 1.67. The van der Waals surface area contributed by atoms with E-state index in [0.29, 0.717) is 5.75 Å². The van der Waals surface area contributed by atoms with Gasteiger partial charge in [-0.2, -0.15) is 4.98 Å². The van der Waals surface area contributed by atoms with Crippen LogP contribution in [0.15, 0.2) is 47.0 Å². The fraction of sp³-hybridized carbons (Fsp3) is 0.222. The number of rotatable bonds is 6. The highest BCUT2D eigenvalue weighted by molar-refractivity contribution is 5.90. The van der Waals surface area contributed by atoms with Gasteiger partial charge in [-0.25, -0.2) is 0 Å². The van der Waals surface area contributed by atoms with Crippen molar-refractivity contribution in [2.75, 3.05) is 7.05 Å². The summed E-state index contributed by atoms with van der Waals surface area (Å²) in [5.41, 5.74) is 0. The molecule has 0 radical (unpaired) electrons. The van der Waals surface area contributed by atoms with E-state index in [4.69, 9.17) is 9.26 Å². The van der Waals surface area contributed by atoms with Gasteiger partial charge in [-0.15, -0.1) is 0 Å². The smallest absolute Gasteiger partial charge is 0.292 e. The zero-order valence-electron chi connectivity index (χ0n) is 14.4. The van der Waals surface area contributed by atoms with Gasteiger partial charge in [0.2, 0.25) is 5.89 Å². The van der Waals surface area contributed by atoms with E-state index in [9.17, 15) is 9.59 Å². The molecule has 0 fully saturated rings. The summed E-state index contributed by atoms with van der Waals surface area (Å²) in [7, 11) is 1.46. The maximum atomic E-state index is 12.2. The second-order valence-corrected chi connectivity index (χ2v) is 5.58. The molecule has 1 unspecified atom stereocenters. The first-order chi connectivity index (χ1) is 12.6. The summed E-state index contributed by atoms with van der Waals surface area (Å²) in [4.78, 5) is 27.4. The van der Waals surface area contributed by atoms with Crippen molar-refractivity contribution < 1.29 is 18.8 Å². The summed E-state index contributed by atoms with van der Waals surface area (Å²) < 4.78 is 10.6. The average Bonchev–Trinajstić information content (AvgIpc) is 3.14. The van der Waals surface area contributed by atoms with Gasteiger partial charge in [0.05, 0.1) is 6.54 Å². The number of nitrogens with one attached hydrogen (secondary N) is 2. The number of carbonyl (C=O) groups excluding carboxylic acids is 2. The van der Waals surface area contributed by atoms with Crippen LogP contribution in [0.25, 0.3) is 10.8 Å². The van der Waals surface area contributed by atoms with E-state index in [1.165, 1.54) is 7.05 Å². The molecule has 1 atom stereocenters. The maximum Gasteiger partial charge on any atom is 0.292 e. The number of hydrogen-bond donors (Lipinski definition) is 2. The molecule has 134 valence electrons. The molecule has 0 bridgehead atoms. The largest absolute Gasteiger partial charge is 0.481 e. The van der Waals surface area contributed by atoms with Crippen molar-refractivity contribution in [1.29, 1.82) is 0 Å². The number of aromatic nitrogens is 2. The Morgan fingerprint density at radius 2 is 1.96 bits per heavy atom. The topological polar surface area (TPSA) is 106 Å². The molecule has 26 heavy (non-hydrogen) atoms. The lowest BCUT2D eigenvalue weighted by molar-refractivity contribution is -0.127. The third kappa shape index (κ3) is 3.97. The molecule has 3 rings (SSSR count). The van der Waals surface area contributed by atoms with Crippen LogP contribution in [0.5, 0.6) is 5.75 Å². The van der Waals surface area contributed by atoms with Crippen LogP contribution >= 0.6 is 0 Å². The first-order valence-corrected chi connectivity index (χ1v) is 8.04. The standard InChI is InChI=1S/C18H18N4O4/c1-11(25-14-8-7-12-5-3-4-6-13(12)9-14)17(23)20-10-15-21-16(22-26-15)18(24)19-2/h3-9,11H,10H2,1-2H3,(H,19,24)(H,20,23). The van der Waals surface area contributed by atoms with E-state index < -0.39 is 12.0 Å². The summed E-state index contributed by atoms with van der Waals surface area (Å²) >= 11 is 0. The lowest BCUT2D eigenvalue weighted by Gasteiger charge is -2.14. The van der Waals surface area contributed by atoms with Crippen molar-refractivity contribution in [3.05, 3.63) is 54.2 Å². The van der Waals surface area contributed by atoms with Gasteiger partial charge in [0.1, 0.15) is 5.75 Å².